The number of anilines is 1. The maximum absolute atomic E-state index is 13.0. The molecule has 0 fully saturated rings. The zero-order chi connectivity index (χ0) is 20.3. The lowest BCUT2D eigenvalue weighted by atomic mass is 10.2. The van der Waals surface area contributed by atoms with Crippen molar-refractivity contribution in [2.75, 3.05) is 17.4 Å². The van der Waals surface area contributed by atoms with Crippen LogP contribution in [0.3, 0.4) is 0 Å². The number of hydrogen-bond acceptors (Lipinski definition) is 4. The Morgan fingerprint density at radius 2 is 1.82 bits per heavy atom. The molecule has 1 N–H and O–H groups in total. The molecule has 0 saturated heterocycles. The molecule has 1 aromatic heterocycles. The molecular formula is C21H24N2O3S2. The van der Waals surface area contributed by atoms with Crippen LogP contribution >= 0.6 is 11.3 Å². The van der Waals surface area contributed by atoms with Gasteiger partial charge in [0.1, 0.15) is 0 Å². The van der Waals surface area contributed by atoms with Crippen molar-refractivity contribution in [2.24, 2.45) is 5.92 Å². The molecule has 0 bridgehead atoms. The summed E-state index contributed by atoms with van der Waals surface area (Å²) in [5.41, 5.74) is 0.589. The van der Waals surface area contributed by atoms with Gasteiger partial charge in [0.2, 0.25) is 0 Å². The molecule has 0 saturated carbocycles. The van der Waals surface area contributed by atoms with Crippen LogP contribution in [0, 0.1) is 5.92 Å². The highest BCUT2D eigenvalue weighted by Crippen LogP contribution is 2.31. The maximum Gasteiger partial charge on any atom is 0.264 e. The van der Waals surface area contributed by atoms with Crippen molar-refractivity contribution in [1.82, 2.24) is 5.32 Å². The number of nitrogens with one attached hydrogen (secondary N) is 1. The maximum atomic E-state index is 13.0. The van der Waals surface area contributed by atoms with E-state index in [9.17, 15) is 13.2 Å². The third kappa shape index (κ3) is 4.20. The Morgan fingerprint density at radius 1 is 1.11 bits per heavy atom. The highest BCUT2D eigenvalue weighted by atomic mass is 32.2. The number of nitrogens with zero attached hydrogens (tertiary/aromatic N) is 1. The average molecular weight is 417 g/mol. The van der Waals surface area contributed by atoms with Crippen LogP contribution < -0.4 is 9.62 Å². The van der Waals surface area contributed by atoms with Crippen LogP contribution in [0.25, 0.3) is 10.1 Å². The van der Waals surface area contributed by atoms with Gasteiger partial charge in [0.15, 0.2) is 0 Å². The van der Waals surface area contributed by atoms with Gasteiger partial charge < -0.3 is 5.32 Å². The second-order valence-corrected chi connectivity index (χ2v) is 9.87. The molecule has 1 heterocycles. The van der Waals surface area contributed by atoms with Crippen LogP contribution in [0.5, 0.6) is 0 Å². The summed E-state index contributed by atoms with van der Waals surface area (Å²) in [5.74, 6) is 0.284. The minimum Gasteiger partial charge on any atom is -0.351 e. The van der Waals surface area contributed by atoms with E-state index in [1.807, 2.05) is 39.0 Å². The molecule has 7 heteroatoms. The predicted octanol–water partition coefficient (Wildman–Crippen LogP) is 4.50. The summed E-state index contributed by atoms with van der Waals surface area (Å²) in [7, 11) is -3.64. The highest BCUT2D eigenvalue weighted by Gasteiger charge is 2.23. The van der Waals surface area contributed by atoms with Gasteiger partial charge in [-0.1, -0.05) is 32.0 Å². The van der Waals surface area contributed by atoms with E-state index in [4.69, 9.17) is 0 Å². The zero-order valence-electron chi connectivity index (χ0n) is 16.2. The first-order chi connectivity index (χ1) is 13.3. The molecular weight excluding hydrogens is 392 g/mol. The highest BCUT2D eigenvalue weighted by molar-refractivity contribution is 7.92. The number of carbonyl (C=O) groups is 1. The molecule has 0 radical (unpaired) electrons. The zero-order valence-corrected chi connectivity index (χ0v) is 17.8. The molecule has 1 amide bonds. The number of benzene rings is 2. The molecule has 0 spiro atoms. The van der Waals surface area contributed by atoms with Crippen molar-refractivity contribution >= 4 is 43.0 Å². The monoisotopic (exact) mass is 416 g/mol. The van der Waals surface area contributed by atoms with Gasteiger partial charge in [-0.3, -0.25) is 9.10 Å². The Labute approximate surface area is 170 Å². The number of sulfonamides is 1. The Morgan fingerprint density at radius 3 is 2.46 bits per heavy atom. The van der Waals surface area contributed by atoms with E-state index in [0.29, 0.717) is 29.6 Å². The lowest BCUT2D eigenvalue weighted by Crippen LogP contribution is -2.30. The van der Waals surface area contributed by atoms with E-state index in [0.717, 1.165) is 10.1 Å². The van der Waals surface area contributed by atoms with Crippen molar-refractivity contribution in [1.29, 1.82) is 0 Å². The number of amides is 1. The fraction of sp³-hybridized carbons (Fsp3) is 0.286. The lowest BCUT2D eigenvalue weighted by Gasteiger charge is -2.23. The summed E-state index contributed by atoms with van der Waals surface area (Å²) in [5, 5.41) is 3.78. The minimum atomic E-state index is -3.64. The Bertz CT molecular complexity index is 1070. The molecule has 28 heavy (non-hydrogen) atoms. The third-order valence-electron chi connectivity index (χ3n) is 4.30. The van der Waals surface area contributed by atoms with Gasteiger partial charge in [0.05, 0.1) is 15.5 Å². The van der Waals surface area contributed by atoms with E-state index < -0.39 is 10.0 Å². The van der Waals surface area contributed by atoms with E-state index in [1.54, 1.807) is 36.4 Å². The average Bonchev–Trinajstić information content (AvgIpc) is 3.10. The van der Waals surface area contributed by atoms with E-state index >= 15 is 0 Å². The molecule has 3 aromatic rings. The van der Waals surface area contributed by atoms with Crippen molar-refractivity contribution in [2.45, 2.75) is 25.7 Å². The Balaban J connectivity index is 1.93. The minimum absolute atomic E-state index is 0.0966. The number of rotatable bonds is 7. The first kappa shape index (κ1) is 20.4. The number of thiophene rings is 1. The summed E-state index contributed by atoms with van der Waals surface area (Å²) >= 11 is 1.41. The van der Waals surface area contributed by atoms with Crippen LogP contribution in [-0.4, -0.2) is 27.4 Å². The van der Waals surface area contributed by atoms with Crippen LogP contribution in [-0.2, 0) is 10.0 Å². The van der Waals surface area contributed by atoms with Gasteiger partial charge in [-0.05, 0) is 54.6 Å². The van der Waals surface area contributed by atoms with E-state index in [2.05, 4.69) is 5.32 Å². The molecule has 2 aromatic carbocycles. The molecule has 0 aliphatic carbocycles. The van der Waals surface area contributed by atoms with Gasteiger partial charge in [-0.15, -0.1) is 11.3 Å². The van der Waals surface area contributed by atoms with E-state index in [1.165, 1.54) is 15.6 Å². The van der Waals surface area contributed by atoms with Crippen molar-refractivity contribution in [3.8, 4) is 0 Å². The van der Waals surface area contributed by atoms with Gasteiger partial charge in [0.25, 0.3) is 15.9 Å². The molecule has 3 rings (SSSR count). The quantitative estimate of drug-likeness (QED) is 0.617. The van der Waals surface area contributed by atoms with E-state index in [-0.39, 0.29) is 10.8 Å². The standard InChI is InChI=1S/C21H24N2O3S2/c1-4-23(28(25,26)18-8-6-5-7-9-18)17-10-11-19-16(12-17)13-20(27-19)21(24)22-14-15(2)3/h5-13,15H,4,14H2,1-3H3,(H,22,24). The van der Waals surface area contributed by atoms with Gasteiger partial charge in [0, 0.05) is 17.8 Å². The number of fused-ring (bicyclic) bond motifs is 1. The molecule has 0 unspecified atom stereocenters. The number of carbonyl (C=O) groups excluding carboxylic acids is 1. The SMILES string of the molecule is CCN(c1ccc2sc(C(=O)NCC(C)C)cc2c1)S(=O)(=O)c1ccccc1. The summed E-state index contributed by atoms with van der Waals surface area (Å²) < 4.78 is 28.4. The fourth-order valence-corrected chi connectivity index (χ4v) is 5.34. The normalized spacial score (nSPS) is 11.7. The van der Waals surface area contributed by atoms with Crippen molar-refractivity contribution < 1.29 is 13.2 Å². The Kier molecular flexibility index (Phi) is 6.05. The van der Waals surface area contributed by atoms with Gasteiger partial charge >= 0.3 is 0 Å². The summed E-state index contributed by atoms with van der Waals surface area (Å²) in [6.07, 6.45) is 0. The molecule has 0 atom stereocenters. The van der Waals surface area contributed by atoms with Crippen LogP contribution in [0.4, 0.5) is 5.69 Å². The summed E-state index contributed by atoms with van der Waals surface area (Å²) in [6, 6.07) is 15.7. The Hall–Kier alpha value is -2.38. The molecule has 148 valence electrons. The smallest absolute Gasteiger partial charge is 0.264 e. The predicted molar refractivity (Wildman–Crippen MR) is 116 cm³/mol. The topological polar surface area (TPSA) is 66.5 Å². The van der Waals surface area contributed by atoms with Crippen LogP contribution in [0.1, 0.15) is 30.4 Å². The van der Waals surface area contributed by atoms with Crippen molar-refractivity contribution in [3.05, 3.63) is 59.5 Å². The van der Waals surface area contributed by atoms with Crippen LogP contribution in [0.2, 0.25) is 0 Å². The summed E-state index contributed by atoms with van der Waals surface area (Å²) in [4.78, 5) is 13.2. The molecule has 5 nitrogen and oxygen atoms in total. The van der Waals surface area contributed by atoms with Gasteiger partial charge in [-0.25, -0.2) is 8.42 Å². The second kappa shape index (κ2) is 8.32. The van der Waals surface area contributed by atoms with Crippen LogP contribution in [0.15, 0.2) is 59.5 Å². The van der Waals surface area contributed by atoms with Gasteiger partial charge in [-0.2, -0.15) is 0 Å². The third-order valence-corrected chi connectivity index (χ3v) is 7.33. The molecule has 0 aliphatic rings. The molecule has 0 aliphatic heterocycles. The first-order valence-electron chi connectivity index (χ1n) is 9.22. The summed E-state index contributed by atoms with van der Waals surface area (Å²) in [6.45, 7) is 6.84. The lowest BCUT2D eigenvalue weighted by molar-refractivity contribution is 0.0953. The van der Waals surface area contributed by atoms with Crippen molar-refractivity contribution in [3.63, 3.8) is 0 Å². The largest absolute Gasteiger partial charge is 0.351 e. The second-order valence-electron chi connectivity index (χ2n) is 6.92. The fourth-order valence-electron chi connectivity index (χ4n) is 2.89. The number of hydrogen-bond donors (Lipinski definition) is 1. The first-order valence-corrected chi connectivity index (χ1v) is 11.5.